The van der Waals surface area contributed by atoms with E-state index in [1.165, 1.54) is 6.07 Å². The molecule has 1 heterocycles. The van der Waals surface area contributed by atoms with Crippen LogP contribution in [0.4, 0.5) is 13.2 Å². The molecule has 0 bridgehead atoms. The van der Waals surface area contributed by atoms with E-state index in [4.69, 9.17) is 39.5 Å². The Hall–Kier alpha value is -1.63. The second-order valence-electron chi connectivity index (χ2n) is 4.53. The number of benzene rings is 2. The normalized spacial score (nSPS) is 11.9. The molecule has 0 saturated carbocycles. The highest BCUT2D eigenvalue weighted by Crippen LogP contribution is 2.41. The fourth-order valence-corrected chi connectivity index (χ4v) is 2.60. The van der Waals surface area contributed by atoms with Crippen molar-refractivity contribution in [3.63, 3.8) is 0 Å². The summed E-state index contributed by atoms with van der Waals surface area (Å²) in [5.41, 5.74) is -0.114. The zero-order valence-electron chi connectivity index (χ0n) is 11.0. The predicted octanol–water partition coefficient (Wildman–Crippen LogP) is 6.33. The van der Waals surface area contributed by atoms with E-state index in [2.05, 4.69) is 9.97 Å². The highest BCUT2D eigenvalue weighted by molar-refractivity contribution is 6.39. The molecule has 0 amide bonds. The van der Waals surface area contributed by atoms with Crippen LogP contribution in [0.15, 0.2) is 30.3 Å². The molecule has 0 fully saturated rings. The van der Waals surface area contributed by atoms with E-state index < -0.39 is 12.0 Å². The molecule has 3 rings (SSSR count). The van der Waals surface area contributed by atoms with Crippen LogP contribution in [-0.4, -0.2) is 9.97 Å². The smallest absolute Gasteiger partial charge is 0.449 e. The molecule has 0 spiro atoms. The molecule has 1 aromatic heterocycles. The molecule has 23 heavy (non-hydrogen) atoms. The first-order valence-corrected chi connectivity index (χ1v) is 7.27. The molecule has 0 atom stereocenters. The zero-order valence-corrected chi connectivity index (χ0v) is 13.3. The maximum absolute atomic E-state index is 12.8. The Morgan fingerprint density at radius 1 is 1.00 bits per heavy atom. The molecule has 0 unspecified atom stereocenters. The summed E-state index contributed by atoms with van der Waals surface area (Å²) in [6, 6.07) is 7.54. The molecule has 0 saturated heterocycles. The Bertz CT molecular complexity index is 876. The standard InChI is InChI=1S/C14H6Cl3F3N2O/c15-6-1-3-7(4-2-6)23-12-9(17)5-8(16)10-11(12)22-13(21-10)14(18,19)20/h1-5H,(H,21,22). The van der Waals surface area contributed by atoms with Gasteiger partial charge in [-0.1, -0.05) is 34.8 Å². The van der Waals surface area contributed by atoms with Gasteiger partial charge in [-0.25, -0.2) is 4.98 Å². The average molecular weight is 382 g/mol. The van der Waals surface area contributed by atoms with Gasteiger partial charge >= 0.3 is 6.18 Å². The molecule has 1 N–H and O–H groups in total. The van der Waals surface area contributed by atoms with Crippen LogP contribution in [0.5, 0.6) is 11.5 Å². The van der Waals surface area contributed by atoms with E-state index in [9.17, 15) is 13.2 Å². The lowest BCUT2D eigenvalue weighted by Crippen LogP contribution is -2.06. The number of nitrogens with zero attached hydrogens (tertiary/aromatic N) is 1. The Labute approximate surface area is 142 Å². The lowest BCUT2D eigenvalue weighted by atomic mass is 10.3. The van der Waals surface area contributed by atoms with Crippen molar-refractivity contribution >= 4 is 45.8 Å². The number of halogens is 6. The number of nitrogens with one attached hydrogen (secondary N) is 1. The average Bonchev–Trinajstić information content (AvgIpc) is 2.91. The number of hydrogen-bond donors (Lipinski definition) is 1. The number of aromatic nitrogens is 2. The number of fused-ring (bicyclic) bond motifs is 1. The fourth-order valence-electron chi connectivity index (χ4n) is 1.93. The Morgan fingerprint density at radius 2 is 1.65 bits per heavy atom. The minimum atomic E-state index is -4.65. The number of aromatic amines is 1. The molecule has 120 valence electrons. The number of ether oxygens (including phenoxy) is 1. The third-order valence-corrected chi connectivity index (χ3v) is 3.75. The van der Waals surface area contributed by atoms with Gasteiger partial charge in [0.1, 0.15) is 16.8 Å². The van der Waals surface area contributed by atoms with Crippen molar-refractivity contribution in [2.24, 2.45) is 0 Å². The lowest BCUT2D eigenvalue weighted by molar-refractivity contribution is -0.144. The first-order valence-electron chi connectivity index (χ1n) is 6.14. The predicted molar refractivity (Wildman–Crippen MR) is 82.6 cm³/mol. The van der Waals surface area contributed by atoms with Gasteiger partial charge in [0.2, 0.25) is 5.82 Å². The van der Waals surface area contributed by atoms with Gasteiger partial charge in [0.25, 0.3) is 0 Å². The van der Waals surface area contributed by atoms with Crippen molar-refractivity contribution in [2.45, 2.75) is 6.18 Å². The van der Waals surface area contributed by atoms with Crippen LogP contribution in [0.25, 0.3) is 11.0 Å². The summed E-state index contributed by atoms with van der Waals surface area (Å²) >= 11 is 17.7. The zero-order chi connectivity index (χ0) is 16.8. The van der Waals surface area contributed by atoms with Crippen molar-refractivity contribution in [2.75, 3.05) is 0 Å². The van der Waals surface area contributed by atoms with Gasteiger partial charge < -0.3 is 9.72 Å². The summed E-state index contributed by atoms with van der Waals surface area (Å²) < 4.78 is 44.1. The molecule has 0 aliphatic carbocycles. The number of rotatable bonds is 2. The van der Waals surface area contributed by atoms with E-state index in [0.29, 0.717) is 10.8 Å². The monoisotopic (exact) mass is 380 g/mol. The van der Waals surface area contributed by atoms with Crippen LogP contribution >= 0.6 is 34.8 Å². The molecular formula is C14H6Cl3F3N2O. The van der Waals surface area contributed by atoms with Gasteiger partial charge in [0.05, 0.1) is 10.0 Å². The van der Waals surface area contributed by atoms with Crippen molar-refractivity contribution < 1.29 is 17.9 Å². The maximum atomic E-state index is 12.8. The Kier molecular flexibility index (Phi) is 4.08. The summed E-state index contributed by atoms with van der Waals surface area (Å²) in [7, 11) is 0. The summed E-state index contributed by atoms with van der Waals surface area (Å²) in [6.45, 7) is 0. The Morgan fingerprint density at radius 3 is 2.26 bits per heavy atom. The molecule has 2 aromatic carbocycles. The summed E-state index contributed by atoms with van der Waals surface area (Å²) in [5.74, 6) is -0.836. The minimum absolute atomic E-state index is 0.00334. The number of H-pyrrole nitrogens is 1. The third kappa shape index (κ3) is 3.20. The minimum Gasteiger partial charge on any atom is -0.454 e. The number of alkyl halides is 3. The Balaban J connectivity index is 2.15. The van der Waals surface area contributed by atoms with Gasteiger partial charge in [-0.2, -0.15) is 13.2 Å². The van der Waals surface area contributed by atoms with Gasteiger partial charge in [-0.3, -0.25) is 0 Å². The molecule has 9 heteroatoms. The van der Waals surface area contributed by atoms with Crippen LogP contribution in [0.2, 0.25) is 15.1 Å². The van der Waals surface area contributed by atoms with Crippen molar-refractivity contribution in [3.05, 3.63) is 51.2 Å². The van der Waals surface area contributed by atoms with Gasteiger partial charge in [0.15, 0.2) is 5.75 Å². The molecule has 3 nitrogen and oxygen atoms in total. The second kappa shape index (κ2) is 5.78. The van der Waals surface area contributed by atoms with E-state index in [0.717, 1.165) is 0 Å². The first kappa shape index (κ1) is 16.2. The first-order chi connectivity index (χ1) is 10.8. The van der Waals surface area contributed by atoms with Crippen molar-refractivity contribution in [1.82, 2.24) is 9.97 Å². The van der Waals surface area contributed by atoms with E-state index in [1.54, 1.807) is 24.3 Å². The highest BCUT2D eigenvalue weighted by Gasteiger charge is 2.35. The lowest BCUT2D eigenvalue weighted by Gasteiger charge is -2.09. The van der Waals surface area contributed by atoms with Crippen LogP contribution in [-0.2, 0) is 6.18 Å². The second-order valence-corrected chi connectivity index (χ2v) is 5.78. The van der Waals surface area contributed by atoms with Crippen molar-refractivity contribution in [3.8, 4) is 11.5 Å². The largest absolute Gasteiger partial charge is 0.454 e. The third-order valence-electron chi connectivity index (χ3n) is 2.93. The van der Waals surface area contributed by atoms with E-state index in [-0.39, 0.29) is 26.8 Å². The maximum Gasteiger partial charge on any atom is 0.449 e. The SMILES string of the molecule is FC(F)(F)c1nc2c(Cl)cc(Cl)c(Oc3ccc(Cl)cc3)c2[nH]1. The van der Waals surface area contributed by atoms with Crippen LogP contribution in [0.1, 0.15) is 5.82 Å². The topological polar surface area (TPSA) is 37.9 Å². The highest BCUT2D eigenvalue weighted by atomic mass is 35.5. The van der Waals surface area contributed by atoms with Crippen LogP contribution in [0, 0.1) is 0 Å². The summed E-state index contributed by atoms with van der Waals surface area (Å²) in [4.78, 5) is 5.63. The van der Waals surface area contributed by atoms with E-state index >= 15 is 0 Å². The van der Waals surface area contributed by atoms with Gasteiger partial charge in [-0.15, -0.1) is 0 Å². The fraction of sp³-hybridized carbons (Fsp3) is 0.0714. The number of imidazole rings is 1. The summed E-state index contributed by atoms with van der Waals surface area (Å²) in [6.07, 6.45) is -4.65. The molecule has 3 aromatic rings. The number of hydrogen-bond acceptors (Lipinski definition) is 2. The van der Waals surface area contributed by atoms with E-state index in [1.807, 2.05) is 0 Å². The molecule has 0 aliphatic heterocycles. The van der Waals surface area contributed by atoms with Gasteiger partial charge in [-0.05, 0) is 30.3 Å². The van der Waals surface area contributed by atoms with Crippen molar-refractivity contribution in [1.29, 1.82) is 0 Å². The quantitative estimate of drug-likeness (QED) is 0.563. The molecule has 0 aliphatic rings. The van der Waals surface area contributed by atoms with Gasteiger partial charge in [0, 0.05) is 5.02 Å². The molecule has 0 radical (unpaired) electrons. The van der Waals surface area contributed by atoms with Crippen LogP contribution in [0.3, 0.4) is 0 Å². The summed E-state index contributed by atoms with van der Waals surface area (Å²) in [5, 5.41) is 0.528. The molecular weight excluding hydrogens is 376 g/mol. The van der Waals surface area contributed by atoms with Crippen LogP contribution < -0.4 is 4.74 Å².